The number of hydrogen-bond donors (Lipinski definition) is 2. The fourth-order valence-electron chi connectivity index (χ4n) is 2.62. The minimum atomic E-state index is -3.73. The molecule has 3 rings (SSSR count). The van der Waals surface area contributed by atoms with Crippen LogP contribution in [0.1, 0.15) is 33.3 Å². The molecule has 138 valence electrons. The van der Waals surface area contributed by atoms with Crippen LogP contribution >= 0.6 is 0 Å². The van der Waals surface area contributed by atoms with Gasteiger partial charge in [-0.2, -0.15) is 0 Å². The molecule has 0 bridgehead atoms. The molecule has 26 heavy (non-hydrogen) atoms. The molecule has 0 fully saturated rings. The number of anilines is 2. The zero-order chi connectivity index (χ0) is 19.1. The second kappa shape index (κ2) is 6.32. The summed E-state index contributed by atoms with van der Waals surface area (Å²) in [6.45, 7) is 7.85. The van der Waals surface area contributed by atoms with Crippen LogP contribution in [0.5, 0.6) is 5.75 Å². The highest BCUT2D eigenvalue weighted by Crippen LogP contribution is 2.33. The van der Waals surface area contributed by atoms with Crippen molar-refractivity contribution in [3.63, 3.8) is 0 Å². The largest absolute Gasteiger partial charge is 0.479 e. The Bertz CT molecular complexity index is 944. The third-order valence-corrected chi connectivity index (χ3v) is 5.59. The van der Waals surface area contributed by atoms with Gasteiger partial charge in [-0.05, 0) is 48.2 Å². The van der Waals surface area contributed by atoms with Crippen LogP contribution in [0.4, 0.5) is 11.4 Å². The predicted octanol–water partition coefficient (Wildman–Crippen LogP) is 3.50. The van der Waals surface area contributed by atoms with Crippen molar-refractivity contribution in [2.75, 3.05) is 10.0 Å². The van der Waals surface area contributed by atoms with E-state index in [0.717, 1.165) is 5.56 Å². The summed E-state index contributed by atoms with van der Waals surface area (Å²) < 4.78 is 33.2. The van der Waals surface area contributed by atoms with Crippen molar-refractivity contribution in [2.45, 2.75) is 44.1 Å². The van der Waals surface area contributed by atoms with Gasteiger partial charge in [0.2, 0.25) is 0 Å². The minimum absolute atomic E-state index is 0.0520. The number of carbonyl (C=O) groups is 1. The van der Waals surface area contributed by atoms with Crippen LogP contribution in [-0.2, 0) is 20.2 Å². The molecule has 1 aliphatic rings. The minimum Gasteiger partial charge on any atom is -0.479 e. The number of rotatable bonds is 3. The van der Waals surface area contributed by atoms with Crippen LogP contribution in [0.15, 0.2) is 47.4 Å². The van der Waals surface area contributed by atoms with Gasteiger partial charge in [0.05, 0.1) is 16.3 Å². The third kappa shape index (κ3) is 3.67. The molecule has 1 amide bonds. The Morgan fingerprint density at radius 3 is 2.35 bits per heavy atom. The van der Waals surface area contributed by atoms with Gasteiger partial charge in [0.15, 0.2) is 6.10 Å². The average molecular weight is 374 g/mol. The van der Waals surface area contributed by atoms with Gasteiger partial charge in [0, 0.05) is 0 Å². The van der Waals surface area contributed by atoms with Crippen LogP contribution in [0.3, 0.4) is 0 Å². The summed E-state index contributed by atoms with van der Waals surface area (Å²) >= 11 is 0. The van der Waals surface area contributed by atoms with Crippen LogP contribution < -0.4 is 14.8 Å². The summed E-state index contributed by atoms with van der Waals surface area (Å²) in [5.41, 5.74) is 1.79. The van der Waals surface area contributed by atoms with Crippen molar-refractivity contribution < 1.29 is 17.9 Å². The first-order valence-electron chi connectivity index (χ1n) is 8.31. The highest BCUT2D eigenvalue weighted by atomic mass is 32.2. The van der Waals surface area contributed by atoms with Gasteiger partial charge in [-0.25, -0.2) is 8.42 Å². The SMILES string of the molecule is C[C@@H]1Oc2ccc(NS(=O)(=O)c3ccc(C(C)(C)C)cc3)cc2NC1=O. The van der Waals surface area contributed by atoms with Crippen molar-refractivity contribution in [1.82, 2.24) is 0 Å². The molecule has 2 aromatic rings. The molecular weight excluding hydrogens is 352 g/mol. The van der Waals surface area contributed by atoms with Crippen molar-refractivity contribution in [3.8, 4) is 5.75 Å². The number of carbonyl (C=O) groups excluding carboxylic acids is 1. The topological polar surface area (TPSA) is 84.5 Å². The molecular formula is C19H22N2O4S. The maximum absolute atomic E-state index is 12.6. The van der Waals surface area contributed by atoms with Crippen LogP contribution in [0, 0.1) is 0 Å². The Hall–Kier alpha value is -2.54. The number of ether oxygens (including phenoxy) is 1. The van der Waals surface area contributed by atoms with Gasteiger partial charge in [-0.3, -0.25) is 9.52 Å². The zero-order valence-electron chi connectivity index (χ0n) is 15.2. The van der Waals surface area contributed by atoms with Crippen molar-refractivity contribution in [3.05, 3.63) is 48.0 Å². The predicted molar refractivity (Wildman–Crippen MR) is 101 cm³/mol. The lowest BCUT2D eigenvalue weighted by molar-refractivity contribution is -0.122. The lowest BCUT2D eigenvalue weighted by Crippen LogP contribution is -2.34. The van der Waals surface area contributed by atoms with Gasteiger partial charge < -0.3 is 10.1 Å². The molecule has 0 saturated heterocycles. The van der Waals surface area contributed by atoms with E-state index in [2.05, 4.69) is 30.8 Å². The van der Waals surface area contributed by atoms with E-state index >= 15 is 0 Å². The fraction of sp³-hybridized carbons (Fsp3) is 0.316. The second-order valence-electron chi connectivity index (χ2n) is 7.34. The Labute approximate surface area is 153 Å². The molecule has 1 aliphatic heterocycles. The quantitative estimate of drug-likeness (QED) is 0.861. The summed E-state index contributed by atoms with van der Waals surface area (Å²) in [5, 5.41) is 2.70. The highest BCUT2D eigenvalue weighted by Gasteiger charge is 2.24. The van der Waals surface area contributed by atoms with Gasteiger partial charge in [-0.1, -0.05) is 32.9 Å². The van der Waals surface area contributed by atoms with E-state index in [0.29, 0.717) is 17.1 Å². The van der Waals surface area contributed by atoms with E-state index < -0.39 is 16.1 Å². The van der Waals surface area contributed by atoms with Crippen molar-refractivity contribution in [2.24, 2.45) is 0 Å². The molecule has 0 aliphatic carbocycles. The van der Waals surface area contributed by atoms with E-state index in [-0.39, 0.29) is 16.2 Å². The lowest BCUT2D eigenvalue weighted by atomic mass is 9.87. The first-order valence-corrected chi connectivity index (χ1v) is 9.79. The van der Waals surface area contributed by atoms with E-state index in [1.165, 1.54) is 0 Å². The first kappa shape index (κ1) is 18.3. The molecule has 0 unspecified atom stereocenters. The number of fused-ring (bicyclic) bond motifs is 1. The second-order valence-corrected chi connectivity index (χ2v) is 9.02. The highest BCUT2D eigenvalue weighted by molar-refractivity contribution is 7.92. The molecule has 0 saturated carbocycles. The monoisotopic (exact) mass is 374 g/mol. The molecule has 1 atom stereocenters. The molecule has 0 aromatic heterocycles. The van der Waals surface area contributed by atoms with Crippen LogP contribution in [0.25, 0.3) is 0 Å². The summed E-state index contributed by atoms with van der Waals surface area (Å²) in [6, 6.07) is 11.6. The number of nitrogens with one attached hydrogen (secondary N) is 2. The molecule has 2 aromatic carbocycles. The molecule has 7 heteroatoms. The normalized spacial score (nSPS) is 17.1. The van der Waals surface area contributed by atoms with Crippen molar-refractivity contribution >= 4 is 27.3 Å². The van der Waals surface area contributed by atoms with Gasteiger partial charge in [-0.15, -0.1) is 0 Å². The Morgan fingerprint density at radius 1 is 1.08 bits per heavy atom. The maximum atomic E-state index is 12.6. The van der Waals surface area contributed by atoms with E-state index in [9.17, 15) is 13.2 Å². The van der Waals surface area contributed by atoms with Crippen LogP contribution in [-0.4, -0.2) is 20.4 Å². The molecule has 1 heterocycles. The van der Waals surface area contributed by atoms with Crippen LogP contribution in [0.2, 0.25) is 0 Å². The third-order valence-electron chi connectivity index (χ3n) is 4.19. The summed E-state index contributed by atoms with van der Waals surface area (Å²) in [7, 11) is -3.73. The van der Waals surface area contributed by atoms with Gasteiger partial charge in [0.25, 0.3) is 15.9 Å². The maximum Gasteiger partial charge on any atom is 0.265 e. The number of amides is 1. The van der Waals surface area contributed by atoms with Crippen molar-refractivity contribution in [1.29, 1.82) is 0 Å². The van der Waals surface area contributed by atoms with Gasteiger partial charge in [0.1, 0.15) is 5.75 Å². The van der Waals surface area contributed by atoms with E-state index in [4.69, 9.17) is 4.74 Å². The Balaban J connectivity index is 1.84. The standard InChI is InChI=1S/C19H22N2O4S/c1-12-18(22)20-16-11-14(7-10-17(16)25-12)21-26(23,24)15-8-5-13(6-9-15)19(2,3)4/h5-12,21H,1-4H3,(H,20,22)/t12-/m0/s1. The number of hydrogen-bond acceptors (Lipinski definition) is 4. The molecule has 0 radical (unpaired) electrons. The fourth-order valence-corrected chi connectivity index (χ4v) is 3.67. The van der Waals surface area contributed by atoms with E-state index in [1.807, 2.05) is 12.1 Å². The zero-order valence-corrected chi connectivity index (χ0v) is 16.0. The molecule has 2 N–H and O–H groups in total. The Kier molecular flexibility index (Phi) is 4.44. The summed E-state index contributed by atoms with van der Waals surface area (Å²) in [5.74, 6) is 0.241. The summed E-state index contributed by atoms with van der Waals surface area (Å²) in [6.07, 6.45) is -0.577. The number of sulfonamides is 1. The lowest BCUT2D eigenvalue weighted by Gasteiger charge is -2.23. The Morgan fingerprint density at radius 2 is 1.73 bits per heavy atom. The van der Waals surface area contributed by atoms with E-state index in [1.54, 1.807) is 37.3 Å². The van der Waals surface area contributed by atoms with Gasteiger partial charge >= 0.3 is 0 Å². The smallest absolute Gasteiger partial charge is 0.265 e. The average Bonchev–Trinajstić information content (AvgIpc) is 2.55. The molecule has 6 nitrogen and oxygen atoms in total. The summed E-state index contributed by atoms with van der Waals surface area (Å²) in [4.78, 5) is 11.9. The number of benzene rings is 2. The first-order chi connectivity index (χ1) is 12.1. The molecule has 0 spiro atoms.